The number of rotatable bonds is 1. The van der Waals surface area contributed by atoms with E-state index in [1.54, 1.807) is 6.07 Å². The fraction of sp³-hybridized carbons (Fsp3) is 0.222. The zero-order valence-electron chi connectivity index (χ0n) is 7.97. The number of carbonyl (C=O) groups excluding carboxylic acids is 1. The van der Waals surface area contributed by atoms with E-state index in [0.29, 0.717) is 11.3 Å². The number of hydrazine groups is 1. The van der Waals surface area contributed by atoms with E-state index in [0.717, 1.165) is 16.8 Å². The third kappa shape index (κ3) is 1.10. The minimum Gasteiger partial charge on any atom is -0.459 e. The third-order valence-corrected chi connectivity index (χ3v) is 2.32. The van der Waals surface area contributed by atoms with Crippen LogP contribution in [0.25, 0.3) is 11.1 Å². The minimum absolute atomic E-state index is 0.353. The highest BCUT2D eigenvalue weighted by atomic mass is 16.3. The lowest BCUT2D eigenvalue weighted by atomic mass is 10.3. The van der Waals surface area contributed by atoms with Gasteiger partial charge in [0.2, 0.25) is 0 Å². The summed E-state index contributed by atoms with van der Waals surface area (Å²) in [6.07, 6.45) is 0. The summed E-state index contributed by atoms with van der Waals surface area (Å²) in [4.78, 5) is 14.1. The summed E-state index contributed by atoms with van der Waals surface area (Å²) in [6.45, 7) is 3.81. The summed E-state index contributed by atoms with van der Waals surface area (Å²) >= 11 is 0. The molecule has 0 aromatic carbocycles. The Bertz CT molecular complexity index is 495. The number of nitrogens with two attached hydrogens (primary N) is 1. The first-order valence-electron chi connectivity index (χ1n) is 4.23. The van der Waals surface area contributed by atoms with Gasteiger partial charge in [0.15, 0.2) is 5.58 Å². The topological polar surface area (TPSA) is 84.1 Å². The van der Waals surface area contributed by atoms with Crippen molar-refractivity contribution in [3.63, 3.8) is 0 Å². The second-order valence-corrected chi connectivity index (χ2v) is 3.18. The van der Waals surface area contributed by atoms with Gasteiger partial charge in [-0.15, -0.1) is 0 Å². The van der Waals surface area contributed by atoms with E-state index in [9.17, 15) is 4.79 Å². The van der Waals surface area contributed by atoms with Crippen LogP contribution in [0.15, 0.2) is 10.5 Å². The number of nitrogen functional groups attached to an aromatic ring is 1. The number of aryl methyl sites for hydroxylation is 2. The number of fused-ring (bicyclic) bond motifs is 1. The predicted molar refractivity (Wildman–Crippen MR) is 51.7 cm³/mol. The number of H-pyrrole nitrogens is 1. The SMILES string of the molecule is Cc1oc2cc(C(=O)NN)[nH]c2c1C. The Balaban J connectivity index is 2.59. The number of amides is 1. The van der Waals surface area contributed by atoms with Crippen molar-refractivity contribution in [2.45, 2.75) is 13.8 Å². The molecule has 2 rings (SSSR count). The van der Waals surface area contributed by atoms with Crippen molar-refractivity contribution in [3.8, 4) is 0 Å². The second-order valence-electron chi connectivity index (χ2n) is 3.18. The molecule has 0 fully saturated rings. The van der Waals surface area contributed by atoms with Gasteiger partial charge in [-0.3, -0.25) is 10.2 Å². The summed E-state index contributed by atoms with van der Waals surface area (Å²) in [6, 6.07) is 1.64. The second kappa shape index (κ2) is 2.88. The Morgan fingerprint density at radius 3 is 2.86 bits per heavy atom. The van der Waals surface area contributed by atoms with Crippen LogP contribution in [-0.4, -0.2) is 10.9 Å². The molecule has 0 radical (unpaired) electrons. The van der Waals surface area contributed by atoms with Crippen LogP contribution in [0.2, 0.25) is 0 Å². The van der Waals surface area contributed by atoms with Gasteiger partial charge >= 0.3 is 0 Å². The van der Waals surface area contributed by atoms with Crippen LogP contribution in [0.3, 0.4) is 0 Å². The van der Waals surface area contributed by atoms with Crippen molar-refractivity contribution in [2.24, 2.45) is 5.84 Å². The fourth-order valence-electron chi connectivity index (χ4n) is 1.41. The van der Waals surface area contributed by atoms with Crippen molar-refractivity contribution in [1.82, 2.24) is 10.4 Å². The average molecular weight is 193 g/mol. The predicted octanol–water partition coefficient (Wildman–Crippen LogP) is 0.981. The number of furan rings is 1. The summed E-state index contributed by atoms with van der Waals surface area (Å²) < 4.78 is 5.42. The van der Waals surface area contributed by atoms with E-state index in [4.69, 9.17) is 10.3 Å². The van der Waals surface area contributed by atoms with Crippen molar-refractivity contribution in [3.05, 3.63) is 23.1 Å². The molecule has 2 aromatic heterocycles. The van der Waals surface area contributed by atoms with Crippen molar-refractivity contribution in [2.75, 3.05) is 0 Å². The molecule has 0 atom stereocenters. The molecule has 0 aliphatic rings. The Morgan fingerprint density at radius 1 is 1.57 bits per heavy atom. The maximum absolute atomic E-state index is 11.2. The van der Waals surface area contributed by atoms with E-state index in [2.05, 4.69) is 10.4 Å². The Hall–Kier alpha value is -1.75. The van der Waals surface area contributed by atoms with E-state index < -0.39 is 0 Å². The number of aromatic nitrogens is 1. The molecule has 5 nitrogen and oxygen atoms in total. The molecule has 0 bridgehead atoms. The highest BCUT2D eigenvalue weighted by Gasteiger charge is 2.13. The maximum Gasteiger partial charge on any atom is 0.281 e. The molecule has 0 aliphatic heterocycles. The summed E-state index contributed by atoms with van der Waals surface area (Å²) in [7, 11) is 0. The highest BCUT2D eigenvalue weighted by molar-refractivity contribution is 5.97. The van der Waals surface area contributed by atoms with Crippen LogP contribution >= 0.6 is 0 Å². The van der Waals surface area contributed by atoms with Gasteiger partial charge in [-0.25, -0.2) is 5.84 Å². The van der Waals surface area contributed by atoms with Gasteiger partial charge in [-0.1, -0.05) is 0 Å². The molecule has 2 heterocycles. The number of carbonyl (C=O) groups is 1. The molecule has 0 unspecified atom stereocenters. The molecule has 0 saturated heterocycles. The summed E-state index contributed by atoms with van der Waals surface area (Å²) in [5, 5.41) is 0. The Morgan fingerprint density at radius 2 is 2.29 bits per heavy atom. The molecule has 2 aromatic rings. The van der Waals surface area contributed by atoms with Crippen molar-refractivity contribution >= 4 is 17.0 Å². The van der Waals surface area contributed by atoms with Crippen molar-refractivity contribution < 1.29 is 9.21 Å². The number of hydrogen-bond acceptors (Lipinski definition) is 3. The molecule has 0 spiro atoms. The van der Waals surface area contributed by atoms with Crippen molar-refractivity contribution in [1.29, 1.82) is 0 Å². The maximum atomic E-state index is 11.2. The molecule has 74 valence electrons. The molecular weight excluding hydrogens is 182 g/mol. The molecule has 5 heteroatoms. The number of nitrogens with one attached hydrogen (secondary N) is 2. The largest absolute Gasteiger partial charge is 0.459 e. The molecule has 14 heavy (non-hydrogen) atoms. The van der Waals surface area contributed by atoms with Gasteiger partial charge in [0, 0.05) is 11.6 Å². The van der Waals surface area contributed by atoms with Crippen LogP contribution < -0.4 is 11.3 Å². The lowest BCUT2D eigenvalue weighted by Crippen LogP contribution is -2.30. The van der Waals surface area contributed by atoms with Gasteiger partial charge in [0.05, 0.1) is 5.52 Å². The monoisotopic (exact) mass is 193 g/mol. The number of aromatic amines is 1. The lowest BCUT2D eigenvalue weighted by Gasteiger charge is -1.93. The van der Waals surface area contributed by atoms with Gasteiger partial charge in [-0.2, -0.15) is 0 Å². The zero-order chi connectivity index (χ0) is 10.3. The van der Waals surface area contributed by atoms with E-state index in [1.807, 2.05) is 13.8 Å². The first kappa shape index (κ1) is 8.83. The van der Waals surface area contributed by atoms with Crippen LogP contribution in [-0.2, 0) is 0 Å². The third-order valence-electron chi connectivity index (χ3n) is 2.32. The van der Waals surface area contributed by atoms with Gasteiger partial charge in [0.25, 0.3) is 5.91 Å². The molecule has 4 N–H and O–H groups in total. The quantitative estimate of drug-likeness (QED) is 0.358. The molecular formula is C9H11N3O2. The van der Waals surface area contributed by atoms with Gasteiger partial charge < -0.3 is 9.40 Å². The Kier molecular flexibility index (Phi) is 1.82. The average Bonchev–Trinajstić information content (AvgIpc) is 2.68. The van der Waals surface area contributed by atoms with E-state index >= 15 is 0 Å². The number of hydrogen-bond donors (Lipinski definition) is 3. The lowest BCUT2D eigenvalue weighted by molar-refractivity contribution is 0.0949. The van der Waals surface area contributed by atoms with E-state index in [1.165, 1.54) is 0 Å². The first-order valence-corrected chi connectivity index (χ1v) is 4.23. The highest BCUT2D eigenvalue weighted by Crippen LogP contribution is 2.24. The normalized spacial score (nSPS) is 10.8. The van der Waals surface area contributed by atoms with Crippen LogP contribution in [0.1, 0.15) is 21.8 Å². The summed E-state index contributed by atoms with van der Waals surface area (Å²) in [5.74, 6) is 5.51. The molecule has 0 saturated carbocycles. The molecule has 1 amide bonds. The van der Waals surface area contributed by atoms with Crippen LogP contribution in [0, 0.1) is 13.8 Å². The zero-order valence-corrected chi connectivity index (χ0v) is 7.97. The Labute approximate surface area is 80.2 Å². The minimum atomic E-state index is -0.353. The smallest absolute Gasteiger partial charge is 0.281 e. The van der Waals surface area contributed by atoms with Crippen LogP contribution in [0.4, 0.5) is 0 Å². The first-order chi connectivity index (χ1) is 6.63. The van der Waals surface area contributed by atoms with Gasteiger partial charge in [-0.05, 0) is 13.8 Å². The van der Waals surface area contributed by atoms with Crippen LogP contribution in [0.5, 0.6) is 0 Å². The standard InChI is InChI=1S/C9H11N3O2/c1-4-5(2)14-7-3-6(9(13)12-10)11-8(4)7/h3,11H,10H2,1-2H3,(H,12,13). The van der Waals surface area contributed by atoms with E-state index in [-0.39, 0.29) is 5.91 Å². The van der Waals surface area contributed by atoms with Gasteiger partial charge in [0.1, 0.15) is 11.5 Å². The summed E-state index contributed by atoms with van der Waals surface area (Å²) in [5.41, 5.74) is 5.00. The molecule has 0 aliphatic carbocycles. The fourth-order valence-corrected chi connectivity index (χ4v) is 1.41.